The minimum absolute atomic E-state index is 0.143. The molecule has 0 spiro atoms. The predicted molar refractivity (Wildman–Crippen MR) is 119 cm³/mol. The number of likely N-dealkylation sites (N-methyl/N-ethyl adjacent to an activating group) is 1. The van der Waals surface area contributed by atoms with Crippen molar-refractivity contribution in [2.24, 2.45) is 0 Å². The minimum atomic E-state index is -0.143. The summed E-state index contributed by atoms with van der Waals surface area (Å²) in [7, 11) is 4.28. The summed E-state index contributed by atoms with van der Waals surface area (Å²) in [5.41, 5.74) is 2.70. The average molecular weight is 407 g/mol. The fraction of sp³-hybridized carbons (Fsp3) is 0.286. The maximum absolute atomic E-state index is 12.7. The van der Waals surface area contributed by atoms with Gasteiger partial charge in [-0.2, -0.15) is 4.52 Å². The van der Waals surface area contributed by atoms with Gasteiger partial charge in [-0.15, -0.1) is 5.10 Å². The number of rotatable bonds is 4. The van der Waals surface area contributed by atoms with Crippen LogP contribution in [0, 0.1) is 0 Å². The lowest BCUT2D eigenvalue weighted by molar-refractivity contribution is 0.315. The van der Waals surface area contributed by atoms with Crippen LogP contribution in [-0.4, -0.2) is 52.7 Å². The van der Waals surface area contributed by atoms with E-state index in [1.165, 1.54) is 28.0 Å². The van der Waals surface area contributed by atoms with Gasteiger partial charge in [0, 0.05) is 30.5 Å². The summed E-state index contributed by atoms with van der Waals surface area (Å²) < 4.78 is 1.38. The van der Waals surface area contributed by atoms with Gasteiger partial charge in [0.05, 0.1) is 10.9 Å². The Hall–Kier alpha value is -2.97. The monoisotopic (exact) mass is 406 g/mol. The zero-order valence-corrected chi connectivity index (χ0v) is 17.2. The van der Waals surface area contributed by atoms with Crippen LogP contribution in [0.5, 0.6) is 0 Å². The summed E-state index contributed by atoms with van der Waals surface area (Å²) in [4.78, 5) is 22.6. The van der Waals surface area contributed by atoms with Gasteiger partial charge in [0.25, 0.3) is 5.56 Å². The van der Waals surface area contributed by atoms with Gasteiger partial charge in [-0.05, 0) is 50.8 Å². The van der Waals surface area contributed by atoms with Crippen LogP contribution in [0.4, 0.5) is 16.5 Å². The molecule has 29 heavy (non-hydrogen) atoms. The van der Waals surface area contributed by atoms with Crippen LogP contribution >= 0.6 is 11.3 Å². The van der Waals surface area contributed by atoms with Crippen molar-refractivity contribution in [1.82, 2.24) is 19.5 Å². The first-order chi connectivity index (χ1) is 14.1. The van der Waals surface area contributed by atoms with Crippen LogP contribution in [0.25, 0.3) is 15.9 Å². The van der Waals surface area contributed by atoms with Gasteiger partial charge in [-0.1, -0.05) is 29.5 Å². The number of hydrogen-bond acceptors (Lipinski definition) is 7. The smallest absolute Gasteiger partial charge is 0.283 e. The lowest BCUT2D eigenvalue weighted by Crippen LogP contribution is -2.31. The third-order valence-corrected chi connectivity index (χ3v) is 6.28. The lowest BCUT2D eigenvalue weighted by atomic mass is 10.2. The van der Waals surface area contributed by atoms with Gasteiger partial charge in [0.1, 0.15) is 0 Å². The van der Waals surface area contributed by atoms with Crippen molar-refractivity contribution in [3.63, 3.8) is 0 Å². The third-order valence-electron chi connectivity index (χ3n) is 5.46. The number of nitrogens with one attached hydrogen (secondary N) is 1. The van der Waals surface area contributed by atoms with E-state index in [-0.39, 0.29) is 5.56 Å². The molecule has 1 N–H and O–H groups in total. The number of nitrogens with zero attached hydrogens (tertiary/aromatic N) is 5. The van der Waals surface area contributed by atoms with E-state index in [0.29, 0.717) is 27.0 Å². The molecule has 4 aromatic rings. The summed E-state index contributed by atoms with van der Waals surface area (Å²) in [5, 5.41) is 9.02. The molecule has 1 fully saturated rings. The molecule has 1 aliphatic heterocycles. The summed E-state index contributed by atoms with van der Waals surface area (Å²) in [6, 6.07) is 16.3. The average Bonchev–Trinajstić information content (AvgIpc) is 3.36. The van der Waals surface area contributed by atoms with Crippen molar-refractivity contribution < 1.29 is 0 Å². The van der Waals surface area contributed by atoms with Crippen molar-refractivity contribution in [1.29, 1.82) is 0 Å². The molecule has 0 aliphatic carbocycles. The number of aromatic nitrogens is 3. The van der Waals surface area contributed by atoms with E-state index in [9.17, 15) is 4.79 Å². The van der Waals surface area contributed by atoms with Crippen LogP contribution in [0.15, 0.2) is 53.3 Å². The molecule has 0 bridgehead atoms. The molecule has 1 aliphatic rings. The zero-order chi connectivity index (χ0) is 20.0. The second-order valence-corrected chi connectivity index (χ2v) is 8.52. The van der Waals surface area contributed by atoms with Crippen molar-refractivity contribution in [2.45, 2.75) is 12.5 Å². The van der Waals surface area contributed by atoms with Crippen molar-refractivity contribution in [3.05, 3.63) is 58.9 Å². The number of anilines is 3. The molecule has 0 saturated carbocycles. The van der Waals surface area contributed by atoms with E-state index in [0.717, 1.165) is 18.8 Å². The fourth-order valence-corrected chi connectivity index (χ4v) is 4.63. The maximum atomic E-state index is 12.7. The third kappa shape index (κ3) is 3.34. The Bertz CT molecular complexity index is 1250. The molecule has 8 heteroatoms. The number of hydrogen-bond donors (Lipinski definition) is 1. The lowest BCUT2D eigenvalue weighted by Gasteiger charge is -2.22. The molecule has 3 heterocycles. The number of fused-ring (bicyclic) bond motifs is 2. The highest BCUT2D eigenvalue weighted by atomic mass is 32.1. The fourth-order valence-electron chi connectivity index (χ4n) is 3.81. The van der Waals surface area contributed by atoms with E-state index >= 15 is 0 Å². The van der Waals surface area contributed by atoms with E-state index in [1.54, 1.807) is 6.07 Å². The molecule has 1 atom stereocenters. The molecule has 2 aromatic carbocycles. The van der Waals surface area contributed by atoms with Crippen molar-refractivity contribution in [3.8, 4) is 0 Å². The Morgan fingerprint density at radius 3 is 2.86 bits per heavy atom. The van der Waals surface area contributed by atoms with Crippen molar-refractivity contribution >= 4 is 43.7 Å². The molecular formula is C21H22N6OS. The molecule has 0 amide bonds. The highest BCUT2D eigenvalue weighted by molar-refractivity contribution is 7.20. The quantitative estimate of drug-likeness (QED) is 0.562. The maximum Gasteiger partial charge on any atom is 0.283 e. The predicted octanol–water partition coefficient (Wildman–Crippen LogP) is 3.19. The summed E-state index contributed by atoms with van der Waals surface area (Å²) in [5.74, 6) is 0. The zero-order valence-electron chi connectivity index (χ0n) is 16.4. The normalized spacial score (nSPS) is 16.9. The largest absolute Gasteiger partial charge is 0.370 e. The highest BCUT2D eigenvalue weighted by Crippen LogP contribution is 2.28. The second kappa shape index (κ2) is 7.13. The standard InChI is InChI=1S/C21H22N6OS/c1-25(2)16-10-11-26(13-16)15-7-5-6-14(12-15)22-20-24-27-19(28)17-8-3-4-9-18(17)23-21(27)29-20/h3-9,12,16H,10-11,13H2,1-2H3,(H,22,24)/t16-/m0/s1. The summed E-state index contributed by atoms with van der Waals surface area (Å²) in [6.45, 7) is 2.09. The molecule has 0 unspecified atom stereocenters. The summed E-state index contributed by atoms with van der Waals surface area (Å²) >= 11 is 1.37. The first kappa shape index (κ1) is 18.1. The molecular weight excluding hydrogens is 384 g/mol. The number of benzene rings is 2. The molecule has 7 nitrogen and oxygen atoms in total. The van der Waals surface area contributed by atoms with Gasteiger partial charge < -0.3 is 15.1 Å². The Balaban J connectivity index is 1.43. The first-order valence-electron chi connectivity index (χ1n) is 9.65. The van der Waals surface area contributed by atoms with Crippen LogP contribution in [-0.2, 0) is 0 Å². The van der Waals surface area contributed by atoms with E-state index in [4.69, 9.17) is 0 Å². The van der Waals surface area contributed by atoms with Gasteiger partial charge in [-0.25, -0.2) is 4.98 Å². The first-order valence-corrected chi connectivity index (χ1v) is 10.5. The van der Waals surface area contributed by atoms with Crippen LogP contribution in [0.2, 0.25) is 0 Å². The molecule has 2 aromatic heterocycles. The van der Waals surface area contributed by atoms with E-state index in [2.05, 4.69) is 51.4 Å². The van der Waals surface area contributed by atoms with Gasteiger partial charge >= 0.3 is 0 Å². The summed E-state index contributed by atoms with van der Waals surface area (Å²) in [6.07, 6.45) is 1.17. The van der Waals surface area contributed by atoms with Crippen molar-refractivity contribution in [2.75, 3.05) is 37.4 Å². The topological polar surface area (TPSA) is 65.8 Å². The van der Waals surface area contributed by atoms with Crippen LogP contribution in [0.3, 0.4) is 0 Å². The Labute approximate surface area is 172 Å². The minimum Gasteiger partial charge on any atom is -0.370 e. The Morgan fingerprint density at radius 1 is 1.17 bits per heavy atom. The molecule has 148 valence electrons. The Morgan fingerprint density at radius 2 is 2.03 bits per heavy atom. The number of para-hydroxylation sites is 1. The van der Waals surface area contributed by atoms with Gasteiger partial charge in [0.15, 0.2) is 0 Å². The van der Waals surface area contributed by atoms with Gasteiger partial charge in [-0.3, -0.25) is 4.79 Å². The molecule has 5 rings (SSSR count). The molecule has 0 radical (unpaired) electrons. The Kier molecular flexibility index (Phi) is 4.44. The van der Waals surface area contributed by atoms with E-state index < -0.39 is 0 Å². The van der Waals surface area contributed by atoms with Gasteiger partial charge in [0.2, 0.25) is 10.1 Å². The molecule has 1 saturated heterocycles. The highest BCUT2D eigenvalue weighted by Gasteiger charge is 2.24. The van der Waals surface area contributed by atoms with E-state index in [1.807, 2.05) is 30.3 Å². The van der Waals surface area contributed by atoms with Crippen LogP contribution in [0.1, 0.15) is 6.42 Å². The van der Waals surface area contributed by atoms with Crippen LogP contribution < -0.4 is 15.8 Å². The SMILES string of the molecule is CN(C)[C@H]1CCN(c2cccc(Nc3nn4c(=O)c5ccccc5nc4s3)c2)C1. The second-order valence-electron chi connectivity index (χ2n) is 7.56.